The van der Waals surface area contributed by atoms with Gasteiger partial charge in [0.25, 0.3) is 0 Å². The van der Waals surface area contributed by atoms with Crippen LogP contribution in [0, 0.1) is 0 Å². The van der Waals surface area contributed by atoms with Gasteiger partial charge in [0.15, 0.2) is 0 Å². The van der Waals surface area contributed by atoms with E-state index in [0.717, 1.165) is 5.13 Å². The molecule has 6 heteroatoms. The maximum atomic E-state index is 11.0. The van der Waals surface area contributed by atoms with E-state index in [-0.39, 0.29) is 12.5 Å². The second kappa shape index (κ2) is 4.76. The van der Waals surface area contributed by atoms with Crippen LogP contribution in [0.2, 0.25) is 0 Å². The van der Waals surface area contributed by atoms with E-state index in [1.54, 1.807) is 0 Å². The zero-order valence-corrected chi connectivity index (χ0v) is 8.37. The van der Waals surface area contributed by atoms with Gasteiger partial charge in [-0.15, -0.1) is 0 Å². The highest BCUT2D eigenvalue weighted by Gasteiger charge is 2.11. The van der Waals surface area contributed by atoms with Gasteiger partial charge in [0.2, 0.25) is 5.13 Å². The van der Waals surface area contributed by atoms with Gasteiger partial charge < -0.3 is 9.64 Å². The van der Waals surface area contributed by atoms with Crippen LogP contribution in [0.15, 0.2) is 6.33 Å². The highest BCUT2D eigenvalue weighted by atomic mass is 32.1. The molecule has 1 aromatic heterocycles. The number of aromatic nitrogens is 2. The van der Waals surface area contributed by atoms with Crippen molar-refractivity contribution >= 4 is 22.6 Å². The lowest BCUT2D eigenvalue weighted by atomic mass is 10.5. The first-order valence-corrected chi connectivity index (χ1v) is 4.63. The first kappa shape index (κ1) is 9.91. The van der Waals surface area contributed by atoms with E-state index in [1.165, 1.54) is 25.0 Å². The normalized spacial score (nSPS) is 9.69. The van der Waals surface area contributed by atoms with Gasteiger partial charge in [-0.1, -0.05) is 0 Å². The van der Waals surface area contributed by atoms with Gasteiger partial charge in [-0.2, -0.15) is 4.37 Å². The molecule has 5 nitrogen and oxygen atoms in total. The van der Waals surface area contributed by atoms with E-state index >= 15 is 0 Å². The fraction of sp³-hybridized carbons (Fsp3) is 0.571. The van der Waals surface area contributed by atoms with Crippen molar-refractivity contribution in [2.45, 2.75) is 6.92 Å². The molecule has 1 rings (SSSR count). The van der Waals surface area contributed by atoms with Gasteiger partial charge >= 0.3 is 5.97 Å². The summed E-state index contributed by atoms with van der Waals surface area (Å²) in [6, 6.07) is 0. The Kier molecular flexibility index (Phi) is 3.63. The van der Waals surface area contributed by atoms with Crippen molar-refractivity contribution in [2.75, 3.05) is 25.1 Å². The van der Waals surface area contributed by atoms with E-state index in [0.29, 0.717) is 6.54 Å². The van der Waals surface area contributed by atoms with Crippen LogP contribution < -0.4 is 4.90 Å². The second-order valence-corrected chi connectivity index (χ2v) is 3.07. The molecule has 0 amide bonds. The molecule has 0 bridgehead atoms. The van der Waals surface area contributed by atoms with E-state index in [2.05, 4.69) is 14.1 Å². The summed E-state index contributed by atoms with van der Waals surface area (Å²) in [5.41, 5.74) is 0. The smallest absolute Gasteiger partial charge is 0.325 e. The Morgan fingerprint density at radius 1 is 1.77 bits per heavy atom. The molecule has 1 aromatic rings. The van der Waals surface area contributed by atoms with Crippen LogP contribution in [-0.2, 0) is 9.53 Å². The highest BCUT2D eigenvalue weighted by Crippen LogP contribution is 2.13. The third-order valence-electron chi connectivity index (χ3n) is 1.55. The van der Waals surface area contributed by atoms with Crippen LogP contribution in [0.1, 0.15) is 6.92 Å². The quantitative estimate of drug-likeness (QED) is 0.665. The number of hydrogen-bond donors (Lipinski definition) is 0. The minimum Gasteiger partial charge on any atom is -0.468 e. The zero-order chi connectivity index (χ0) is 9.68. The summed E-state index contributed by atoms with van der Waals surface area (Å²) >= 11 is 1.27. The number of methoxy groups -OCH3 is 1. The van der Waals surface area contributed by atoms with Crippen molar-refractivity contribution < 1.29 is 9.53 Å². The van der Waals surface area contributed by atoms with Crippen molar-refractivity contribution in [3.05, 3.63) is 6.33 Å². The van der Waals surface area contributed by atoms with E-state index in [1.807, 2.05) is 11.8 Å². The highest BCUT2D eigenvalue weighted by molar-refractivity contribution is 7.09. The number of likely N-dealkylation sites (N-methyl/N-ethyl adjacent to an activating group) is 1. The monoisotopic (exact) mass is 201 g/mol. The number of rotatable bonds is 4. The van der Waals surface area contributed by atoms with E-state index in [9.17, 15) is 4.79 Å². The Balaban J connectivity index is 2.58. The molecule has 0 aliphatic heterocycles. The standard InChI is InChI=1S/C7H11N3O2S/c1-3-10(4-6(11)12-2)7-8-5-9-13-7/h5H,3-4H2,1-2H3. The lowest BCUT2D eigenvalue weighted by molar-refractivity contribution is -0.138. The molecule has 0 saturated heterocycles. The number of esters is 1. The summed E-state index contributed by atoms with van der Waals surface area (Å²) in [4.78, 5) is 16.8. The summed E-state index contributed by atoms with van der Waals surface area (Å²) in [5, 5.41) is 0.743. The van der Waals surface area contributed by atoms with Gasteiger partial charge in [0.1, 0.15) is 12.9 Å². The lowest BCUT2D eigenvalue weighted by Crippen LogP contribution is -2.30. The van der Waals surface area contributed by atoms with Crippen LogP contribution in [0.3, 0.4) is 0 Å². The lowest BCUT2D eigenvalue weighted by Gasteiger charge is -2.16. The molecule has 0 atom stereocenters. The summed E-state index contributed by atoms with van der Waals surface area (Å²) in [7, 11) is 1.37. The molecule has 1 heterocycles. The molecular formula is C7H11N3O2S. The first-order chi connectivity index (χ1) is 6.27. The molecule has 0 spiro atoms. The van der Waals surface area contributed by atoms with Gasteiger partial charge in [0, 0.05) is 18.1 Å². The van der Waals surface area contributed by atoms with Crippen molar-refractivity contribution in [1.29, 1.82) is 0 Å². The summed E-state index contributed by atoms with van der Waals surface area (Å²) in [6.07, 6.45) is 1.47. The molecular weight excluding hydrogens is 190 g/mol. The molecule has 0 N–H and O–H groups in total. The number of ether oxygens (including phenoxy) is 1. The Labute approximate surface area is 80.5 Å². The average molecular weight is 201 g/mol. The second-order valence-electron chi connectivity index (χ2n) is 2.31. The summed E-state index contributed by atoms with van der Waals surface area (Å²) in [5.74, 6) is -0.267. The summed E-state index contributed by atoms with van der Waals surface area (Å²) < 4.78 is 8.42. The van der Waals surface area contributed by atoms with Crippen molar-refractivity contribution in [3.8, 4) is 0 Å². The van der Waals surface area contributed by atoms with Crippen LogP contribution in [0.4, 0.5) is 5.13 Å². The molecule has 0 aliphatic rings. The van der Waals surface area contributed by atoms with Gasteiger partial charge in [-0.05, 0) is 6.92 Å². The van der Waals surface area contributed by atoms with Crippen LogP contribution in [-0.4, -0.2) is 35.5 Å². The number of hydrogen-bond acceptors (Lipinski definition) is 6. The summed E-state index contributed by atoms with van der Waals surface area (Å²) in [6.45, 7) is 2.89. The van der Waals surface area contributed by atoms with Crippen molar-refractivity contribution in [1.82, 2.24) is 9.36 Å². The van der Waals surface area contributed by atoms with E-state index in [4.69, 9.17) is 0 Å². The Bertz CT molecular complexity index is 263. The molecule has 0 radical (unpaired) electrons. The van der Waals surface area contributed by atoms with Crippen molar-refractivity contribution in [2.24, 2.45) is 0 Å². The van der Waals surface area contributed by atoms with Gasteiger partial charge in [-0.3, -0.25) is 4.79 Å². The molecule has 0 aromatic carbocycles. The Morgan fingerprint density at radius 2 is 2.54 bits per heavy atom. The molecule has 72 valence electrons. The first-order valence-electron chi connectivity index (χ1n) is 3.86. The minimum absolute atomic E-state index is 0.224. The fourth-order valence-corrected chi connectivity index (χ4v) is 1.43. The van der Waals surface area contributed by atoms with Crippen LogP contribution in [0.5, 0.6) is 0 Å². The number of nitrogens with zero attached hydrogens (tertiary/aromatic N) is 3. The SMILES string of the molecule is CCN(CC(=O)OC)c1ncns1. The largest absolute Gasteiger partial charge is 0.468 e. The zero-order valence-electron chi connectivity index (χ0n) is 7.56. The Hall–Kier alpha value is -1.17. The number of anilines is 1. The van der Waals surface area contributed by atoms with Crippen LogP contribution in [0.25, 0.3) is 0 Å². The topological polar surface area (TPSA) is 55.3 Å². The third-order valence-corrected chi connectivity index (χ3v) is 2.28. The maximum Gasteiger partial charge on any atom is 0.325 e. The number of carbonyl (C=O) groups excluding carboxylic acids is 1. The number of carbonyl (C=O) groups is 1. The maximum absolute atomic E-state index is 11.0. The predicted octanol–water partition coefficient (Wildman–Crippen LogP) is 0.537. The molecule has 0 aliphatic carbocycles. The predicted molar refractivity (Wildman–Crippen MR) is 49.8 cm³/mol. The fourth-order valence-electron chi connectivity index (χ4n) is 0.842. The van der Waals surface area contributed by atoms with Gasteiger partial charge in [-0.25, -0.2) is 4.98 Å². The van der Waals surface area contributed by atoms with E-state index < -0.39 is 0 Å². The molecule has 0 saturated carbocycles. The Morgan fingerprint density at radius 3 is 3.00 bits per heavy atom. The van der Waals surface area contributed by atoms with Crippen LogP contribution >= 0.6 is 11.5 Å². The van der Waals surface area contributed by atoms with Gasteiger partial charge in [0.05, 0.1) is 7.11 Å². The molecule has 13 heavy (non-hydrogen) atoms. The van der Waals surface area contributed by atoms with Crippen molar-refractivity contribution in [3.63, 3.8) is 0 Å². The average Bonchev–Trinajstić information content (AvgIpc) is 2.66. The minimum atomic E-state index is -0.267. The third kappa shape index (κ3) is 2.66. The molecule has 0 unspecified atom stereocenters. The molecule has 0 fully saturated rings.